The maximum Gasteiger partial charge on any atom is 0.306 e. The second-order valence-corrected chi connectivity index (χ2v) is 22.3. The van der Waals surface area contributed by atoms with Gasteiger partial charge in [-0.15, -0.1) is 0 Å². The molecule has 1 unspecified atom stereocenters. The lowest BCUT2D eigenvalue weighted by Crippen LogP contribution is -2.30. The lowest BCUT2D eigenvalue weighted by molar-refractivity contribution is -0.167. The molecule has 0 aromatic heterocycles. The summed E-state index contributed by atoms with van der Waals surface area (Å²) >= 11 is 0. The first kappa shape index (κ1) is 76.8. The molecular weight excluding hydrogens is 997 g/mol. The van der Waals surface area contributed by atoms with Crippen LogP contribution in [0, 0.1) is 0 Å². The summed E-state index contributed by atoms with van der Waals surface area (Å²) < 4.78 is 17.0. The molecule has 1 atom stereocenters. The highest BCUT2D eigenvalue weighted by atomic mass is 16.6. The summed E-state index contributed by atoms with van der Waals surface area (Å²) in [5.41, 5.74) is 0. The average Bonchev–Trinajstić information content (AvgIpc) is 3.47. The van der Waals surface area contributed by atoms with Gasteiger partial charge >= 0.3 is 17.9 Å². The van der Waals surface area contributed by atoms with Gasteiger partial charge in [-0.2, -0.15) is 0 Å². The molecule has 0 aliphatic heterocycles. The van der Waals surface area contributed by atoms with E-state index in [-0.39, 0.29) is 31.1 Å². The monoisotopic (exact) mass is 1120 g/mol. The number of ether oxygens (including phenoxy) is 3. The van der Waals surface area contributed by atoms with Crippen LogP contribution in [0.2, 0.25) is 0 Å². The topological polar surface area (TPSA) is 78.9 Å². The molecule has 6 nitrogen and oxygen atoms in total. The van der Waals surface area contributed by atoms with E-state index in [9.17, 15) is 14.4 Å². The zero-order valence-electron chi connectivity index (χ0n) is 53.0. The van der Waals surface area contributed by atoms with E-state index in [0.29, 0.717) is 19.3 Å². The molecule has 0 fully saturated rings. The van der Waals surface area contributed by atoms with Gasteiger partial charge in [-0.1, -0.05) is 284 Å². The van der Waals surface area contributed by atoms with Crippen molar-refractivity contribution in [3.63, 3.8) is 0 Å². The van der Waals surface area contributed by atoms with Gasteiger partial charge < -0.3 is 14.2 Å². The molecule has 0 aliphatic rings. The van der Waals surface area contributed by atoms with Crippen LogP contribution in [0.1, 0.15) is 316 Å². The van der Waals surface area contributed by atoms with Gasteiger partial charge in [0.05, 0.1) is 0 Å². The molecule has 0 rings (SSSR count). The van der Waals surface area contributed by atoms with Gasteiger partial charge in [-0.05, 0) is 135 Å². The van der Waals surface area contributed by atoms with Crippen molar-refractivity contribution in [3.05, 3.63) is 122 Å². The van der Waals surface area contributed by atoms with Gasteiger partial charge in [0.1, 0.15) is 13.2 Å². The van der Waals surface area contributed by atoms with Crippen molar-refractivity contribution < 1.29 is 28.6 Å². The molecular formula is C75H126O6. The first-order chi connectivity index (χ1) is 40.0. The molecule has 0 spiro atoms. The Morgan fingerprint density at radius 1 is 0.259 bits per heavy atom. The van der Waals surface area contributed by atoms with Gasteiger partial charge in [0.2, 0.25) is 0 Å². The fraction of sp³-hybridized carbons (Fsp3) is 0.693. The molecule has 0 radical (unpaired) electrons. The van der Waals surface area contributed by atoms with Crippen molar-refractivity contribution >= 4 is 17.9 Å². The Kier molecular flexibility index (Phi) is 64.8. The van der Waals surface area contributed by atoms with Gasteiger partial charge in [0.25, 0.3) is 0 Å². The van der Waals surface area contributed by atoms with Crippen molar-refractivity contribution in [2.75, 3.05) is 13.2 Å². The number of carbonyl (C=O) groups excluding carboxylic acids is 3. The van der Waals surface area contributed by atoms with Crippen LogP contribution in [0.3, 0.4) is 0 Å². The molecule has 0 bridgehead atoms. The number of allylic oxidation sites excluding steroid dienone is 20. The predicted molar refractivity (Wildman–Crippen MR) is 353 cm³/mol. The van der Waals surface area contributed by atoms with Crippen molar-refractivity contribution in [2.45, 2.75) is 322 Å². The normalized spacial score (nSPS) is 12.9. The van der Waals surface area contributed by atoms with Crippen molar-refractivity contribution in [2.24, 2.45) is 0 Å². The van der Waals surface area contributed by atoms with E-state index in [1.807, 2.05) is 0 Å². The molecule has 0 aromatic carbocycles. The van der Waals surface area contributed by atoms with E-state index in [4.69, 9.17) is 14.2 Å². The molecule has 81 heavy (non-hydrogen) atoms. The first-order valence-electron chi connectivity index (χ1n) is 34.0. The zero-order valence-corrected chi connectivity index (χ0v) is 53.0. The summed E-state index contributed by atoms with van der Waals surface area (Å²) in [7, 11) is 0. The molecule has 0 amide bonds. The second kappa shape index (κ2) is 68.3. The number of rotatable bonds is 61. The Bertz CT molecular complexity index is 1670. The third kappa shape index (κ3) is 66.5. The lowest BCUT2D eigenvalue weighted by atomic mass is 10.1. The van der Waals surface area contributed by atoms with E-state index in [1.165, 1.54) is 148 Å². The molecule has 6 heteroatoms. The molecule has 0 heterocycles. The van der Waals surface area contributed by atoms with Gasteiger partial charge in [0, 0.05) is 19.3 Å². The number of hydrogen-bond acceptors (Lipinski definition) is 6. The number of esters is 3. The summed E-state index contributed by atoms with van der Waals surface area (Å²) in [6.45, 7) is 6.49. The molecule has 0 aromatic rings. The standard InChI is InChI=1S/C75H126O6/c1-4-7-10-13-16-19-22-25-28-31-34-36-37-39-41-44-47-50-53-56-59-62-65-68-74(77)80-71-72(70-79-73(76)67-64-61-58-55-52-49-46-43-40-33-30-27-24-21-18-15-12-9-6-3)81-75(78)69-66-63-60-57-54-51-48-45-42-38-35-32-29-26-23-20-17-14-11-8-5-2/h7,10,16,18-19,21,23,25-28,30,32,34-36,39,41-42,45,72H,4-6,8-9,11-15,17,20,22,24,29,31,33,37-38,40,43-44,46-71H2,1-3H3/b10-7-,19-16-,21-18-,26-23-,28-25-,30-27-,35-32-,36-34-,41-39-,45-42-. The highest BCUT2D eigenvalue weighted by Crippen LogP contribution is 2.16. The van der Waals surface area contributed by atoms with Gasteiger partial charge in [-0.3, -0.25) is 14.4 Å². The number of unbranched alkanes of at least 4 members (excludes halogenated alkanes) is 30. The second-order valence-electron chi connectivity index (χ2n) is 22.3. The molecule has 0 saturated carbocycles. The Labute approximate surface area is 501 Å². The Morgan fingerprint density at radius 2 is 0.481 bits per heavy atom. The summed E-state index contributed by atoms with van der Waals surface area (Å²) in [6.07, 6.45) is 94.8. The van der Waals surface area contributed by atoms with Crippen LogP contribution >= 0.6 is 0 Å². The maximum atomic E-state index is 13.0. The van der Waals surface area contributed by atoms with Crippen LogP contribution in [-0.2, 0) is 28.6 Å². The van der Waals surface area contributed by atoms with Gasteiger partial charge in [0.15, 0.2) is 6.10 Å². The predicted octanol–water partition coefficient (Wildman–Crippen LogP) is 23.6. The van der Waals surface area contributed by atoms with Crippen LogP contribution in [0.4, 0.5) is 0 Å². The fourth-order valence-corrected chi connectivity index (χ4v) is 9.33. The minimum absolute atomic E-state index is 0.0910. The summed E-state index contributed by atoms with van der Waals surface area (Å²) in [5.74, 6) is -0.910. The third-order valence-electron chi connectivity index (χ3n) is 14.4. The van der Waals surface area contributed by atoms with E-state index in [0.717, 1.165) is 128 Å². The fourth-order valence-electron chi connectivity index (χ4n) is 9.33. The lowest BCUT2D eigenvalue weighted by Gasteiger charge is -2.18. The Morgan fingerprint density at radius 3 is 0.778 bits per heavy atom. The molecule has 0 aliphatic carbocycles. The Balaban J connectivity index is 4.45. The van der Waals surface area contributed by atoms with Crippen LogP contribution in [0.15, 0.2) is 122 Å². The van der Waals surface area contributed by atoms with Crippen molar-refractivity contribution in [1.29, 1.82) is 0 Å². The summed E-state index contributed by atoms with van der Waals surface area (Å²) in [5, 5.41) is 0. The quantitative estimate of drug-likeness (QED) is 0.0261. The van der Waals surface area contributed by atoms with Crippen LogP contribution in [0.5, 0.6) is 0 Å². The molecule has 462 valence electrons. The first-order valence-corrected chi connectivity index (χ1v) is 34.0. The maximum absolute atomic E-state index is 13.0. The number of hydrogen-bond donors (Lipinski definition) is 0. The Hall–Kier alpha value is -4.19. The number of carbonyl (C=O) groups is 3. The highest BCUT2D eigenvalue weighted by Gasteiger charge is 2.19. The minimum atomic E-state index is -0.798. The summed E-state index contributed by atoms with van der Waals surface area (Å²) in [6, 6.07) is 0. The van der Waals surface area contributed by atoms with Crippen LogP contribution in [-0.4, -0.2) is 37.2 Å². The van der Waals surface area contributed by atoms with E-state index >= 15 is 0 Å². The zero-order chi connectivity index (χ0) is 58.5. The molecule has 0 N–H and O–H groups in total. The minimum Gasteiger partial charge on any atom is -0.462 e. The third-order valence-corrected chi connectivity index (χ3v) is 14.4. The van der Waals surface area contributed by atoms with Gasteiger partial charge in [-0.25, -0.2) is 0 Å². The summed E-state index contributed by atoms with van der Waals surface area (Å²) in [4.78, 5) is 38.5. The molecule has 0 saturated heterocycles. The largest absolute Gasteiger partial charge is 0.462 e. The SMILES string of the molecule is CC/C=C\C/C=C\C/C=C\C/C=C\C/C=C\CCCCCCCCCC(=O)OCC(COC(=O)CCCCCCCCCCC/C=C\C/C=C\CCCCC)OC(=O)CCCCCCCC/C=C\C/C=C\C/C=C\CCCCCCC. The smallest absolute Gasteiger partial charge is 0.306 e. The van der Waals surface area contributed by atoms with Crippen LogP contribution < -0.4 is 0 Å². The van der Waals surface area contributed by atoms with Crippen molar-refractivity contribution in [3.8, 4) is 0 Å². The van der Waals surface area contributed by atoms with Crippen LogP contribution in [0.25, 0.3) is 0 Å². The van der Waals surface area contributed by atoms with Crippen molar-refractivity contribution in [1.82, 2.24) is 0 Å². The van der Waals surface area contributed by atoms with E-state index in [2.05, 4.69) is 142 Å². The highest BCUT2D eigenvalue weighted by molar-refractivity contribution is 5.71. The van der Waals surface area contributed by atoms with E-state index in [1.54, 1.807) is 0 Å². The average molecular weight is 1120 g/mol. The van der Waals surface area contributed by atoms with E-state index < -0.39 is 6.10 Å².